The van der Waals surface area contributed by atoms with E-state index in [1.807, 2.05) is 0 Å². The quantitative estimate of drug-likeness (QED) is 0.705. The van der Waals surface area contributed by atoms with Gasteiger partial charge in [-0.25, -0.2) is 0 Å². The Bertz CT molecular complexity index is 229. The van der Waals surface area contributed by atoms with Crippen LogP contribution in [-0.4, -0.2) is 49.7 Å². The molecule has 0 saturated carbocycles. The maximum atomic E-state index is 10.2. The summed E-state index contributed by atoms with van der Waals surface area (Å²) in [4.78, 5) is 0. The number of aliphatic hydroxyl groups is 1. The van der Waals surface area contributed by atoms with Crippen molar-refractivity contribution < 1.29 is 14.6 Å². The van der Waals surface area contributed by atoms with Crippen molar-refractivity contribution in [1.82, 2.24) is 5.32 Å². The molecule has 1 spiro atoms. The molecule has 17 heavy (non-hydrogen) atoms. The first-order valence-electron chi connectivity index (χ1n) is 6.86. The van der Waals surface area contributed by atoms with Crippen LogP contribution in [0.1, 0.15) is 32.6 Å². The van der Waals surface area contributed by atoms with Crippen molar-refractivity contribution in [3.63, 3.8) is 0 Å². The second-order valence-corrected chi connectivity index (χ2v) is 5.36. The number of nitrogens with one attached hydrogen (secondary N) is 1. The SMILES string of the molecule is CCCNCC(O)C1CCOC2(CCOC2)C1. The summed E-state index contributed by atoms with van der Waals surface area (Å²) in [6.45, 7) is 6.09. The minimum absolute atomic E-state index is 0.0886. The van der Waals surface area contributed by atoms with Crippen molar-refractivity contribution in [3.8, 4) is 0 Å². The monoisotopic (exact) mass is 243 g/mol. The standard InChI is InChI=1S/C13H25NO3/c1-2-5-14-9-12(15)11-3-6-17-13(8-11)4-7-16-10-13/h11-12,14-15H,2-10H2,1H3. The molecule has 0 aromatic heterocycles. The molecule has 2 fully saturated rings. The molecule has 0 radical (unpaired) electrons. The maximum Gasteiger partial charge on any atom is 0.0940 e. The molecule has 2 aliphatic rings. The summed E-state index contributed by atoms with van der Waals surface area (Å²) in [5, 5.41) is 13.5. The predicted molar refractivity (Wildman–Crippen MR) is 66.0 cm³/mol. The van der Waals surface area contributed by atoms with E-state index in [1.54, 1.807) is 0 Å². The summed E-state index contributed by atoms with van der Waals surface area (Å²) < 4.78 is 11.3. The van der Waals surface area contributed by atoms with E-state index < -0.39 is 0 Å². The highest BCUT2D eigenvalue weighted by Gasteiger charge is 2.42. The molecule has 0 amide bonds. The Morgan fingerprint density at radius 2 is 2.35 bits per heavy atom. The summed E-state index contributed by atoms with van der Waals surface area (Å²) in [7, 11) is 0. The third-order valence-electron chi connectivity index (χ3n) is 3.92. The van der Waals surface area contributed by atoms with Crippen molar-refractivity contribution in [3.05, 3.63) is 0 Å². The normalized spacial score (nSPS) is 35.3. The topological polar surface area (TPSA) is 50.7 Å². The van der Waals surface area contributed by atoms with Crippen molar-refractivity contribution in [2.75, 3.05) is 32.9 Å². The van der Waals surface area contributed by atoms with Gasteiger partial charge >= 0.3 is 0 Å². The van der Waals surface area contributed by atoms with Gasteiger partial charge in [0.05, 0.1) is 18.3 Å². The zero-order valence-electron chi connectivity index (χ0n) is 10.8. The fraction of sp³-hybridized carbons (Fsp3) is 1.00. The Balaban J connectivity index is 1.79. The van der Waals surface area contributed by atoms with E-state index in [0.717, 1.165) is 45.4 Å². The zero-order chi connectivity index (χ0) is 12.1. The van der Waals surface area contributed by atoms with E-state index in [1.165, 1.54) is 0 Å². The van der Waals surface area contributed by atoms with Gasteiger partial charge in [-0.05, 0) is 31.7 Å². The molecule has 4 heteroatoms. The van der Waals surface area contributed by atoms with Gasteiger partial charge in [0.1, 0.15) is 0 Å². The molecule has 0 bridgehead atoms. The van der Waals surface area contributed by atoms with Crippen molar-refractivity contribution in [2.24, 2.45) is 5.92 Å². The lowest BCUT2D eigenvalue weighted by atomic mass is 9.82. The largest absolute Gasteiger partial charge is 0.392 e. The van der Waals surface area contributed by atoms with Gasteiger partial charge in [0, 0.05) is 26.2 Å². The smallest absolute Gasteiger partial charge is 0.0940 e. The molecule has 100 valence electrons. The average Bonchev–Trinajstić information content (AvgIpc) is 2.77. The van der Waals surface area contributed by atoms with Crippen LogP contribution in [0.2, 0.25) is 0 Å². The number of ether oxygens (including phenoxy) is 2. The molecule has 0 aromatic carbocycles. The Morgan fingerprint density at radius 3 is 3.06 bits per heavy atom. The highest BCUT2D eigenvalue weighted by molar-refractivity contribution is 4.92. The minimum Gasteiger partial charge on any atom is -0.392 e. The highest BCUT2D eigenvalue weighted by Crippen LogP contribution is 2.36. The summed E-state index contributed by atoms with van der Waals surface area (Å²) in [6.07, 6.45) is 3.76. The van der Waals surface area contributed by atoms with Crippen molar-refractivity contribution in [1.29, 1.82) is 0 Å². The first-order valence-corrected chi connectivity index (χ1v) is 6.86. The molecule has 2 N–H and O–H groups in total. The molecule has 4 nitrogen and oxygen atoms in total. The Kier molecular flexibility index (Phi) is 4.79. The van der Waals surface area contributed by atoms with Gasteiger partial charge in [0.25, 0.3) is 0 Å². The molecule has 3 atom stereocenters. The summed E-state index contributed by atoms with van der Waals surface area (Å²) in [5.41, 5.74) is -0.0886. The van der Waals surface area contributed by atoms with Crippen LogP contribution in [0.25, 0.3) is 0 Å². The number of aliphatic hydroxyl groups excluding tert-OH is 1. The molecule has 0 aliphatic carbocycles. The van der Waals surface area contributed by atoms with Crippen LogP contribution in [0.15, 0.2) is 0 Å². The predicted octanol–water partition coefficient (Wildman–Crippen LogP) is 0.933. The fourth-order valence-electron chi connectivity index (χ4n) is 2.85. The summed E-state index contributed by atoms with van der Waals surface area (Å²) in [5.74, 6) is 0.356. The second kappa shape index (κ2) is 6.14. The van der Waals surface area contributed by atoms with Crippen LogP contribution < -0.4 is 5.32 Å². The van der Waals surface area contributed by atoms with Gasteiger partial charge < -0.3 is 19.9 Å². The van der Waals surface area contributed by atoms with Gasteiger partial charge in [0.2, 0.25) is 0 Å². The van der Waals surface area contributed by atoms with E-state index in [0.29, 0.717) is 19.1 Å². The fourth-order valence-corrected chi connectivity index (χ4v) is 2.85. The van der Waals surface area contributed by atoms with E-state index in [9.17, 15) is 5.11 Å². The Labute approximate surface area is 104 Å². The first kappa shape index (κ1) is 13.3. The van der Waals surface area contributed by atoms with Crippen molar-refractivity contribution >= 4 is 0 Å². The van der Waals surface area contributed by atoms with E-state index in [2.05, 4.69) is 12.2 Å². The third kappa shape index (κ3) is 3.41. The van der Waals surface area contributed by atoms with Crippen LogP contribution in [0, 0.1) is 5.92 Å². The van der Waals surface area contributed by atoms with Gasteiger partial charge in [0.15, 0.2) is 0 Å². The lowest BCUT2D eigenvalue weighted by Crippen LogP contribution is -2.45. The molecule has 2 heterocycles. The van der Waals surface area contributed by atoms with Gasteiger partial charge in [-0.15, -0.1) is 0 Å². The van der Waals surface area contributed by atoms with Crippen LogP contribution in [0.3, 0.4) is 0 Å². The van der Waals surface area contributed by atoms with E-state index in [4.69, 9.17) is 9.47 Å². The van der Waals surface area contributed by atoms with Crippen LogP contribution >= 0.6 is 0 Å². The Morgan fingerprint density at radius 1 is 1.47 bits per heavy atom. The number of hydrogen-bond donors (Lipinski definition) is 2. The molecule has 0 aromatic rings. The first-order chi connectivity index (χ1) is 8.26. The average molecular weight is 243 g/mol. The van der Waals surface area contributed by atoms with E-state index in [-0.39, 0.29) is 11.7 Å². The highest BCUT2D eigenvalue weighted by atomic mass is 16.6. The summed E-state index contributed by atoms with van der Waals surface area (Å²) >= 11 is 0. The van der Waals surface area contributed by atoms with Crippen molar-refractivity contribution in [2.45, 2.75) is 44.3 Å². The molecule has 2 aliphatic heterocycles. The zero-order valence-corrected chi connectivity index (χ0v) is 10.8. The van der Waals surface area contributed by atoms with Gasteiger partial charge in [-0.1, -0.05) is 6.92 Å². The van der Waals surface area contributed by atoms with Crippen LogP contribution in [-0.2, 0) is 9.47 Å². The maximum absolute atomic E-state index is 10.2. The number of rotatable bonds is 5. The Hall–Kier alpha value is -0.160. The summed E-state index contributed by atoms with van der Waals surface area (Å²) in [6, 6.07) is 0. The molecule has 2 rings (SSSR count). The molecule has 2 saturated heterocycles. The lowest BCUT2D eigenvalue weighted by molar-refractivity contribution is -0.116. The van der Waals surface area contributed by atoms with Gasteiger partial charge in [-0.3, -0.25) is 0 Å². The van der Waals surface area contributed by atoms with E-state index >= 15 is 0 Å². The number of hydrogen-bond acceptors (Lipinski definition) is 4. The molecular formula is C13H25NO3. The molecule has 3 unspecified atom stereocenters. The van der Waals surface area contributed by atoms with Gasteiger partial charge in [-0.2, -0.15) is 0 Å². The third-order valence-corrected chi connectivity index (χ3v) is 3.92. The van der Waals surface area contributed by atoms with Crippen LogP contribution in [0.4, 0.5) is 0 Å². The minimum atomic E-state index is -0.247. The van der Waals surface area contributed by atoms with Crippen LogP contribution in [0.5, 0.6) is 0 Å². The molecular weight excluding hydrogens is 218 g/mol. The lowest BCUT2D eigenvalue weighted by Gasteiger charge is -2.39. The second-order valence-electron chi connectivity index (χ2n) is 5.36.